The fourth-order valence-electron chi connectivity index (χ4n) is 6.30. The van der Waals surface area contributed by atoms with Gasteiger partial charge in [-0.25, -0.2) is 4.79 Å². The summed E-state index contributed by atoms with van der Waals surface area (Å²) in [6, 6.07) is 37.2. The molecule has 12 heteroatoms. The van der Waals surface area contributed by atoms with Crippen LogP contribution in [-0.4, -0.2) is 58.6 Å². The molecule has 52 heavy (non-hydrogen) atoms. The maximum Gasteiger partial charge on any atom is 0.350 e. The van der Waals surface area contributed by atoms with E-state index in [1.165, 1.54) is 42.4 Å². The number of hydrogen-bond acceptors (Lipinski definition) is 10. The highest BCUT2D eigenvalue weighted by Gasteiger charge is 2.51. The minimum absolute atomic E-state index is 0.0000908. The number of aromatic nitrogens is 2. The molecule has 4 aromatic carbocycles. The molecule has 1 aliphatic heterocycles. The summed E-state index contributed by atoms with van der Waals surface area (Å²) in [7, 11) is 1.60. The van der Waals surface area contributed by atoms with Gasteiger partial charge in [0.05, 0.1) is 19.0 Å². The van der Waals surface area contributed by atoms with Crippen LogP contribution in [0.3, 0.4) is 0 Å². The van der Waals surface area contributed by atoms with E-state index in [1.807, 2.05) is 84.9 Å². The predicted molar refractivity (Wildman–Crippen MR) is 196 cm³/mol. The molecule has 0 bridgehead atoms. The Kier molecular flexibility index (Phi) is 11.2. The number of methoxy groups -OCH3 is 1. The van der Waals surface area contributed by atoms with Gasteiger partial charge in [-0.3, -0.25) is 19.0 Å². The maximum atomic E-state index is 13.5. The smallest absolute Gasteiger partial charge is 0.350 e. The van der Waals surface area contributed by atoms with Crippen molar-refractivity contribution in [1.82, 2.24) is 9.55 Å². The molecule has 1 amide bonds. The van der Waals surface area contributed by atoms with Crippen LogP contribution in [0.4, 0.5) is 5.82 Å². The van der Waals surface area contributed by atoms with Crippen molar-refractivity contribution in [2.24, 2.45) is 0 Å². The Bertz CT molecular complexity index is 2020. The molecule has 0 radical (unpaired) electrons. The molecule has 11 nitrogen and oxygen atoms in total. The molecule has 6 rings (SSSR count). The third-order valence-electron chi connectivity index (χ3n) is 8.59. The van der Waals surface area contributed by atoms with Crippen molar-refractivity contribution in [2.75, 3.05) is 19.0 Å². The zero-order chi connectivity index (χ0) is 36.7. The van der Waals surface area contributed by atoms with Crippen LogP contribution < -0.4 is 15.7 Å². The Balaban J connectivity index is 1.37. The number of esters is 2. The van der Waals surface area contributed by atoms with Crippen LogP contribution in [0.1, 0.15) is 46.3 Å². The normalized spacial score (nSPS) is 18.3. The number of nitrogens with zero attached hydrogens (tertiary/aromatic N) is 2. The van der Waals surface area contributed by atoms with Gasteiger partial charge in [-0.05, 0) is 47.0 Å². The molecule has 0 unspecified atom stereocenters. The average Bonchev–Trinajstić information content (AvgIpc) is 3.48. The van der Waals surface area contributed by atoms with Gasteiger partial charge in [0.2, 0.25) is 0 Å². The Hall–Kier alpha value is -5.72. The number of thioether (sulfide) groups is 1. The van der Waals surface area contributed by atoms with Crippen molar-refractivity contribution in [1.29, 1.82) is 0 Å². The fourth-order valence-corrected chi connectivity index (χ4v) is 7.83. The summed E-state index contributed by atoms with van der Waals surface area (Å²) in [4.78, 5) is 55.4. The van der Waals surface area contributed by atoms with Gasteiger partial charge in [0.25, 0.3) is 5.91 Å². The van der Waals surface area contributed by atoms with Crippen molar-refractivity contribution in [3.8, 4) is 5.75 Å². The van der Waals surface area contributed by atoms with Crippen molar-refractivity contribution in [2.45, 2.75) is 42.3 Å². The lowest BCUT2D eigenvalue weighted by atomic mass is 9.80. The molecule has 0 spiro atoms. The number of benzene rings is 4. The van der Waals surface area contributed by atoms with Gasteiger partial charge < -0.3 is 24.3 Å². The first-order valence-electron chi connectivity index (χ1n) is 16.5. The number of ether oxygens (including phenoxy) is 4. The lowest BCUT2D eigenvalue weighted by Gasteiger charge is -2.37. The van der Waals surface area contributed by atoms with Gasteiger partial charge in [-0.1, -0.05) is 91.0 Å². The van der Waals surface area contributed by atoms with E-state index in [0.29, 0.717) is 11.3 Å². The zero-order valence-electron chi connectivity index (χ0n) is 28.7. The van der Waals surface area contributed by atoms with E-state index in [1.54, 1.807) is 37.4 Å². The summed E-state index contributed by atoms with van der Waals surface area (Å²) in [5, 5.41) is 1.17. The van der Waals surface area contributed by atoms with Crippen LogP contribution in [0, 0.1) is 0 Å². The number of hydrogen-bond donors (Lipinski definition) is 1. The molecule has 1 aromatic heterocycles. The summed E-state index contributed by atoms with van der Waals surface area (Å²) >= 11 is 1.26. The molecule has 1 aliphatic rings. The molecule has 266 valence electrons. The Morgan fingerprint density at radius 2 is 1.29 bits per heavy atom. The van der Waals surface area contributed by atoms with Crippen LogP contribution >= 0.6 is 11.8 Å². The molecular formula is C40H37N3O8S. The Morgan fingerprint density at radius 3 is 1.83 bits per heavy atom. The van der Waals surface area contributed by atoms with Gasteiger partial charge in [-0.2, -0.15) is 4.98 Å². The summed E-state index contributed by atoms with van der Waals surface area (Å²) in [6.07, 6.45) is -0.609. The van der Waals surface area contributed by atoms with Crippen LogP contribution in [0.25, 0.3) is 0 Å². The lowest BCUT2D eigenvalue weighted by molar-refractivity contribution is -0.166. The minimum atomic E-state index is -1.14. The third kappa shape index (κ3) is 7.78. The van der Waals surface area contributed by atoms with E-state index in [2.05, 4.69) is 10.3 Å². The number of nitrogens with one attached hydrogen (secondary N) is 1. The summed E-state index contributed by atoms with van der Waals surface area (Å²) in [6.45, 7) is 2.52. The second-order valence-electron chi connectivity index (χ2n) is 12.0. The second-order valence-corrected chi connectivity index (χ2v) is 13.3. The van der Waals surface area contributed by atoms with Gasteiger partial charge in [-0.15, -0.1) is 11.8 Å². The first-order valence-corrected chi connectivity index (χ1v) is 17.5. The van der Waals surface area contributed by atoms with E-state index in [0.717, 1.165) is 16.7 Å². The number of rotatable bonds is 12. The molecular weight excluding hydrogens is 683 g/mol. The van der Waals surface area contributed by atoms with Crippen LogP contribution in [0.2, 0.25) is 0 Å². The SMILES string of the molecule is COc1ccc(C(OC[C@H]2S[C@@H](n3ccc(NC(=O)c4ccccc4)nc3=O)[C@H](OC(C)=O)[C@@H]2OC(C)=O)(c2ccccc2)c2ccccc2)cc1. The van der Waals surface area contributed by atoms with Crippen molar-refractivity contribution < 1.29 is 33.3 Å². The highest BCUT2D eigenvalue weighted by molar-refractivity contribution is 8.00. The summed E-state index contributed by atoms with van der Waals surface area (Å²) < 4.78 is 25.5. The molecule has 2 heterocycles. The highest BCUT2D eigenvalue weighted by atomic mass is 32.2. The predicted octanol–water partition coefficient (Wildman–Crippen LogP) is 5.99. The van der Waals surface area contributed by atoms with Crippen LogP contribution in [-0.2, 0) is 29.4 Å². The van der Waals surface area contributed by atoms with E-state index in [9.17, 15) is 19.2 Å². The van der Waals surface area contributed by atoms with E-state index >= 15 is 0 Å². The highest BCUT2D eigenvalue weighted by Crippen LogP contribution is 2.47. The minimum Gasteiger partial charge on any atom is -0.497 e. The molecule has 1 saturated heterocycles. The van der Waals surface area contributed by atoms with E-state index in [-0.39, 0.29) is 12.4 Å². The van der Waals surface area contributed by atoms with Crippen molar-refractivity contribution in [3.63, 3.8) is 0 Å². The summed E-state index contributed by atoms with van der Waals surface area (Å²) in [5.41, 5.74) is 1.07. The first-order chi connectivity index (χ1) is 25.2. The molecule has 1 N–H and O–H groups in total. The first kappa shape index (κ1) is 36.1. The van der Waals surface area contributed by atoms with Gasteiger partial charge in [0, 0.05) is 25.6 Å². The number of carbonyl (C=O) groups is 3. The maximum absolute atomic E-state index is 13.5. The zero-order valence-corrected chi connectivity index (χ0v) is 29.5. The quantitative estimate of drug-likeness (QED) is 0.121. The molecule has 4 atom stereocenters. The molecule has 0 saturated carbocycles. The van der Waals surface area contributed by atoms with E-state index in [4.69, 9.17) is 18.9 Å². The van der Waals surface area contributed by atoms with Crippen molar-refractivity contribution >= 4 is 35.4 Å². The topological polar surface area (TPSA) is 135 Å². The Labute approximate surface area is 304 Å². The third-order valence-corrected chi connectivity index (χ3v) is 10.1. The molecule has 0 aliphatic carbocycles. The van der Waals surface area contributed by atoms with Gasteiger partial charge >= 0.3 is 17.6 Å². The monoisotopic (exact) mass is 719 g/mol. The van der Waals surface area contributed by atoms with Gasteiger partial charge in [0.1, 0.15) is 22.5 Å². The Morgan fingerprint density at radius 1 is 0.750 bits per heavy atom. The number of carbonyl (C=O) groups excluding carboxylic acids is 3. The number of amides is 1. The number of anilines is 1. The van der Waals surface area contributed by atoms with Gasteiger partial charge in [0.15, 0.2) is 12.2 Å². The largest absolute Gasteiger partial charge is 0.497 e. The second kappa shape index (κ2) is 16.1. The fraction of sp³-hybridized carbons (Fsp3) is 0.225. The van der Waals surface area contributed by atoms with Crippen LogP contribution in [0.5, 0.6) is 5.75 Å². The lowest BCUT2D eigenvalue weighted by Crippen LogP contribution is -2.43. The van der Waals surface area contributed by atoms with Crippen LogP contribution in [0.15, 0.2) is 132 Å². The molecule has 5 aromatic rings. The van der Waals surface area contributed by atoms with E-state index < -0.39 is 52.0 Å². The average molecular weight is 720 g/mol. The molecule has 1 fully saturated rings. The summed E-state index contributed by atoms with van der Waals surface area (Å²) in [5.74, 6) is -0.915. The standard InChI is InChI=1S/C40H37N3O8S/c1-26(44)50-35-33(25-49-40(29-15-9-5-10-16-29,30-17-11-6-12-18-30)31-19-21-32(48-3)22-20-31)52-38(36(35)51-27(2)45)43-24-23-34(42-39(43)47)41-37(46)28-13-7-4-8-14-28/h4-24,33,35-36,38H,25H2,1-3H3,(H,41,42,46,47)/t33-,35-,36-,38-/m1/s1. The van der Waals surface area contributed by atoms with Crippen molar-refractivity contribution in [3.05, 3.63) is 160 Å².